The van der Waals surface area contributed by atoms with Crippen molar-refractivity contribution in [3.63, 3.8) is 0 Å². The zero-order valence-corrected chi connectivity index (χ0v) is 22.8. The van der Waals surface area contributed by atoms with E-state index in [1.807, 2.05) is 22.9 Å². The molecule has 1 fully saturated rings. The molecule has 184 valence electrons. The number of fused-ring (bicyclic) bond motifs is 1. The van der Waals surface area contributed by atoms with Crippen LogP contribution in [0, 0.1) is 12.8 Å². The number of nitrogens with one attached hydrogen (secondary N) is 1. The molecule has 1 heterocycles. The molecule has 2 aliphatic carbocycles. The molecular weight excluding hydrogens is 522 g/mol. The van der Waals surface area contributed by atoms with Gasteiger partial charge in [-0.3, -0.25) is 4.79 Å². The first-order valence-corrected chi connectivity index (χ1v) is 14.0. The van der Waals surface area contributed by atoms with Crippen LogP contribution in [-0.4, -0.2) is 21.7 Å². The number of aromatic nitrogens is 2. The molecule has 0 spiro atoms. The number of nitrogens with zero attached hydrogens (tertiary/aromatic N) is 2. The average Bonchev–Trinajstić information content (AvgIpc) is 3.24. The minimum absolute atomic E-state index is 0.129. The third-order valence-electron chi connectivity index (χ3n) is 7.81. The maximum Gasteiger partial charge on any atom is 0.229 e. The van der Waals surface area contributed by atoms with Crippen molar-refractivity contribution in [2.24, 2.45) is 5.92 Å². The lowest BCUT2D eigenvalue weighted by Gasteiger charge is -2.30. The van der Waals surface area contributed by atoms with Crippen LogP contribution in [-0.2, 0) is 11.2 Å². The van der Waals surface area contributed by atoms with E-state index in [0.717, 1.165) is 51.9 Å². The Hall–Kier alpha value is -2.11. The van der Waals surface area contributed by atoms with E-state index in [-0.39, 0.29) is 17.9 Å². The highest BCUT2D eigenvalue weighted by molar-refractivity contribution is 9.10. The van der Waals surface area contributed by atoms with Crippen LogP contribution >= 0.6 is 27.5 Å². The summed E-state index contributed by atoms with van der Waals surface area (Å²) >= 11 is 9.83. The van der Waals surface area contributed by atoms with Crippen molar-refractivity contribution < 1.29 is 4.79 Å². The van der Waals surface area contributed by atoms with Gasteiger partial charge in [-0.05, 0) is 87.8 Å². The molecule has 0 aliphatic heterocycles. The Morgan fingerprint density at radius 2 is 1.83 bits per heavy atom. The predicted molar refractivity (Wildman–Crippen MR) is 146 cm³/mol. The van der Waals surface area contributed by atoms with Gasteiger partial charge in [0.2, 0.25) is 5.91 Å². The molecule has 1 saturated carbocycles. The van der Waals surface area contributed by atoms with Gasteiger partial charge in [-0.2, -0.15) is 5.10 Å². The second kappa shape index (κ2) is 10.5. The first-order chi connectivity index (χ1) is 16.9. The van der Waals surface area contributed by atoms with Crippen molar-refractivity contribution >= 4 is 33.4 Å². The Morgan fingerprint density at radius 1 is 1.09 bits per heavy atom. The molecule has 35 heavy (non-hydrogen) atoms. The van der Waals surface area contributed by atoms with Gasteiger partial charge in [0, 0.05) is 26.7 Å². The molecule has 0 saturated heterocycles. The van der Waals surface area contributed by atoms with Crippen LogP contribution in [0.4, 0.5) is 0 Å². The zero-order chi connectivity index (χ0) is 24.5. The summed E-state index contributed by atoms with van der Waals surface area (Å²) in [6, 6.07) is 14.5. The summed E-state index contributed by atoms with van der Waals surface area (Å²) in [5.41, 5.74) is 6.36. The molecule has 1 N–H and O–H groups in total. The molecule has 2 aromatic carbocycles. The van der Waals surface area contributed by atoms with Gasteiger partial charge >= 0.3 is 0 Å². The van der Waals surface area contributed by atoms with Gasteiger partial charge < -0.3 is 5.32 Å². The van der Waals surface area contributed by atoms with E-state index in [9.17, 15) is 4.79 Å². The number of carbonyl (C=O) groups is 1. The van der Waals surface area contributed by atoms with Crippen molar-refractivity contribution in [2.45, 2.75) is 77.2 Å². The Morgan fingerprint density at radius 3 is 2.54 bits per heavy atom. The van der Waals surface area contributed by atoms with Crippen LogP contribution in [0.5, 0.6) is 0 Å². The fraction of sp³-hybridized carbons (Fsp3) is 0.448. The number of amides is 1. The molecule has 2 atom stereocenters. The van der Waals surface area contributed by atoms with E-state index in [4.69, 9.17) is 16.7 Å². The maximum absolute atomic E-state index is 13.6. The van der Waals surface area contributed by atoms with E-state index < -0.39 is 0 Å². The molecule has 1 aromatic heterocycles. The van der Waals surface area contributed by atoms with Gasteiger partial charge in [0.1, 0.15) is 0 Å². The van der Waals surface area contributed by atoms with E-state index in [2.05, 4.69) is 59.4 Å². The lowest BCUT2D eigenvalue weighted by molar-refractivity contribution is -0.124. The summed E-state index contributed by atoms with van der Waals surface area (Å²) in [5, 5.41) is 9.23. The maximum atomic E-state index is 13.6. The summed E-state index contributed by atoms with van der Waals surface area (Å²) < 4.78 is 3.08. The van der Waals surface area contributed by atoms with Crippen molar-refractivity contribution in [3.05, 3.63) is 68.8 Å². The van der Waals surface area contributed by atoms with Crippen molar-refractivity contribution in [1.29, 1.82) is 0 Å². The third kappa shape index (κ3) is 5.08. The molecule has 6 heteroatoms. The molecule has 0 radical (unpaired) electrons. The monoisotopic (exact) mass is 553 g/mol. The molecule has 0 bridgehead atoms. The second-order valence-corrected chi connectivity index (χ2v) is 11.6. The number of benzene rings is 2. The standard InChI is InChI=1S/C29H33BrClN3O/c1-18-17-23(31)15-16-26(18)34-28(21-11-13-22(30)14-12-21)24-9-6-10-25(27(24)33-34)29(35)32-19(2)20-7-4-3-5-8-20/h11-17,19-20,25H,3-10H2,1-2H3,(H,32,35)/t19-,25?/m1/s1. The summed E-state index contributed by atoms with van der Waals surface area (Å²) in [7, 11) is 0. The van der Waals surface area contributed by atoms with Crippen LogP contribution in [0.1, 0.15) is 74.6 Å². The number of carbonyl (C=O) groups excluding carboxylic acids is 1. The molecule has 1 amide bonds. The fourth-order valence-corrected chi connectivity index (χ4v) is 6.37. The largest absolute Gasteiger partial charge is 0.353 e. The number of hydrogen-bond donors (Lipinski definition) is 1. The predicted octanol–water partition coefficient (Wildman–Crippen LogP) is 7.77. The van der Waals surface area contributed by atoms with Crippen LogP contribution in [0.15, 0.2) is 46.9 Å². The number of rotatable bonds is 5. The topological polar surface area (TPSA) is 46.9 Å². The van der Waals surface area contributed by atoms with Gasteiger partial charge in [-0.15, -0.1) is 0 Å². The minimum atomic E-state index is -0.215. The van der Waals surface area contributed by atoms with Crippen LogP contribution in [0.3, 0.4) is 0 Å². The van der Waals surface area contributed by atoms with E-state index in [0.29, 0.717) is 10.9 Å². The highest BCUT2D eigenvalue weighted by Gasteiger charge is 2.34. The first-order valence-electron chi connectivity index (χ1n) is 12.9. The lowest BCUT2D eigenvalue weighted by atomic mass is 9.83. The number of hydrogen-bond acceptors (Lipinski definition) is 2. The molecule has 5 rings (SSSR count). The zero-order valence-electron chi connectivity index (χ0n) is 20.5. The minimum Gasteiger partial charge on any atom is -0.353 e. The van der Waals surface area contributed by atoms with Gasteiger partial charge in [-0.1, -0.05) is 58.9 Å². The van der Waals surface area contributed by atoms with Gasteiger partial charge in [0.25, 0.3) is 0 Å². The molecule has 1 unspecified atom stereocenters. The summed E-state index contributed by atoms with van der Waals surface area (Å²) in [5.74, 6) is 0.500. The third-order valence-corrected chi connectivity index (χ3v) is 8.58. The van der Waals surface area contributed by atoms with Crippen molar-refractivity contribution in [2.75, 3.05) is 0 Å². The molecule has 2 aliphatic rings. The summed E-state index contributed by atoms with van der Waals surface area (Å²) in [6.07, 6.45) is 9.06. The van der Waals surface area contributed by atoms with Crippen LogP contribution in [0.2, 0.25) is 5.02 Å². The fourth-order valence-electron chi connectivity index (χ4n) is 5.88. The van der Waals surface area contributed by atoms with E-state index >= 15 is 0 Å². The molecule has 4 nitrogen and oxygen atoms in total. The smallest absolute Gasteiger partial charge is 0.229 e. The normalized spacial score (nSPS) is 19.3. The Kier molecular flexibility index (Phi) is 7.36. The quantitative estimate of drug-likeness (QED) is 0.350. The highest BCUT2D eigenvalue weighted by atomic mass is 79.9. The number of aryl methyl sites for hydroxylation is 1. The van der Waals surface area contributed by atoms with Crippen LogP contribution in [0.25, 0.3) is 16.9 Å². The van der Waals surface area contributed by atoms with E-state index in [1.54, 1.807) is 0 Å². The first kappa shape index (κ1) is 24.6. The number of halogens is 2. The second-order valence-electron chi connectivity index (χ2n) is 10.2. The summed E-state index contributed by atoms with van der Waals surface area (Å²) in [4.78, 5) is 13.6. The molecular formula is C29H33BrClN3O. The Balaban J connectivity index is 1.54. The Bertz CT molecular complexity index is 1210. The molecule has 3 aromatic rings. The SMILES string of the molecule is Cc1cc(Cl)ccc1-n1nc2c(c1-c1ccc(Br)cc1)CCCC2C(=O)N[C@H](C)C1CCCCC1. The van der Waals surface area contributed by atoms with Crippen LogP contribution < -0.4 is 5.32 Å². The lowest BCUT2D eigenvalue weighted by Crippen LogP contribution is -2.42. The van der Waals surface area contributed by atoms with Gasteiger partial charge in [0.15, 0.2) is 0 Å². The Labute approximate surface area is 221 Å². The van der Waals surface area contributed by atoms with Gasteiger partial charge in [0.05, 0.1) is 23.0 Å². The van der Waals surface area contributed by atoms with E-state index in [1.165, 1.54) is 37.7 Å². The highest BCUT2D eigenvalue weighted by Crippen LogP contribution is 2.40. The summed E-state index contributed by atoms with van der Waals surface area (Å²) in [6.45, 7) is 4.24. The van der Waals surface area contributed by atoms with Crippen molar-refractivity contribution in [3.8, 4) is 16.9 Å². The average molecular weight is 555 g/mol. The van der Waals surface area contributed by atoms with Gasteiger partial charge in [-0.25, -0.2) is 4.68 Å². The van der Waals surface area contributed by atoms with Crippen molar-refractivity contribution in [1.82, 2.24) is 15.1 Å².